The minimum atomic E-state index is 0.169. The fourth-order valence-electron chi connectivity index (χ4n) is 1.60. The van der Waals surface area contributed by atoms with E-state index in [2.05, 4.69) is 28.0 Å². The zero-order chi connectivity index (χ0) is 11.8. The van der Waals surface area contributed by atoms with Gasteiger partial charge in [-0.25, -0.2) is 10.4 Å². The van der Waals surface area contributed by atoms with Gasteiger partial charge >= 0.3 is 0 Å². The third-order valence-corrected chi connectivity index (χ3v) is 2.47. The van der Waals surface area contributed by atoms with Crippen LogP contribution in [0.1, 0.15) is 12.0 Å². The number of nitrogens with zero attached hydrogens (tertiary/aromatic N) is 2. The molecular weight excluding hydrogens is 198 g/mol. The maximum atomic E-state index is 6.95. The molecule has 0 saturated carbocycles. The van der Waals surface area contributed by atoms with E-state index in [0.29, 0.717) is 0 Å². The molecule has 0 aliphatic rings. The van der Waals surface area contributed by atoms with Crippen molar-refractivity contribution in [2.45, 2.75) is 18.9 Å². The SMILES string of the molecule is CN(C)CCC(Cc1ccccc1)N=C=N. The molecule has 0 bridgehead atoms. The van der Waals surface area contributed by atoms with Gasteiger partial charge in [-0.05, 0) is 39.0 Å². The summed E-state index contributed by atoms with van der Waals surface area (Å²) in [6.07, 6.45) is 1.86. The highest BCUT2D eigenvalue weighted by Gasteiger charge is 2.07. The topological polar surface area (TPSA) is 39.5 Å². The Morgan fingerprint density at radius 3 is 2.56 bits per heavy atom. The summed E-state index contributed by atoms with van der Waals surface area (Å²) in [5.41, 5.74) is 1.27. The van der Waals surface area contributed by atoms with Crippen LogP contribution in [0, 0.1) is 5.41 Å². The highest BCUT2D eigenvalue weighted by Crippen LogP contribution is 2.08. The minimum absolute atomic E-state index is 0.169. The zero-order valence-electron chi connectivity index (χ0n) is 9.98. The maximum absolute atomic E-state index is 6.95. The van der Waals surface area contributed by atoms with E-state index in [9.17, 15) is 0 Å². The number of rotatable bonds is 6. The third-order valence-electron chi connectivity index (χ3n) is 2.47. The smallest absolute Gasteiger partial charge is 0.0864 e. The van der Waals surface area contributed by atoms with Gasteiger partial charge < -0.3 is 4.90 Å². The zero-order valence-corrected chi connectivity index (χ0v) is 9.98. The second-order valence-electron chi connectivity index (χ2n) is 4.18. The molecule has 1 N–H and O–H groups in total. The summed E-state index contributed by atoms with van der Waals surface area (Å²) >= 11 is 0. The van der Waals surface area contributed by atoms with E-state index in [-0.39, 0.29) is 6.04 Å². The summed E-state index contributed by atoms with van der Waals surface area (Å²) in [5, 5.41) is 6.95. The van der Waals surface area contributed by atoms with Gasteiger partial charge in [0.15, 0.2) is 0 Å². The van der Waals surface area contributed by atoms with Crippen molar-refractivity contribution in [1.29, 1.82) is 5.41 Å². The first-order valence-electron chi connectivity index (χ1n) is 5.52. The van der Waals surface area contributed by atoms with Crippen LogP contribution in [0.5, 0.6) is 0 Å². The molecule has 0 radical (unpaired) electrons. The Balaban J connectivity index is 2.54. The van der Waals surface area contributed by atoms with Crippen LogP contribution in [0.15, 0.2) is 35.3 Å². The second-order valence-corrected chi connectivity index (χ2v) is 4.18. The molecule has 0 fully saturated rings. The van der Waals surface area contributed by atoms with Crippen LogP contribution < -0.4 is 0 Å². The van der Waals surface area contributed by atoms with Crippen LogP contribution in [0.4, 0.5) is 0 Å². The summed E-state index contributed by atoms with van der Waals surface area (Å²) in [6, 6.07) is 12.6. The molecule has 1 aromatic rings. The van der Waals surface area contributed by atoms with E-state index in [0.717, 1.165) is 19.4 Å². The standard InChI is InChI=1S/C13H19N3/c1-16(2)9-8-13(15-11-14)10-12-6-4-3-5-7-12/h3-7,13-14H,8-10H2,1-2H3. The van der Waals surface area contributed by atoms with Crippen molar-refractivity contribution >= 4 is 6.01 Å². The molecule has 1 atom stereocenters. The third kappa shape index (κ3) is 4.87. The Morgan fingerprint density at radius 2 is 2.00 bits per heavy atom. The summed E-state index contributed by atoms with van der Waals surface area (Å²) < 4.78 is 0. The molecule has 0 heterocycles. The van der Waals surface area contributed by atoms with Crippen molar-refractivity contribution in [2.24, 2.45) is 4.99 Å². The Kier molecular flexibility index (Phi) is 5.48. The molecule has 0 amide bonds. The monoisotopic (exact) mass is 217 g/mol. The van der Waals surface area contributed by atoms with E-state index in [1.807, 2.05) is 32.3 Å². The Labute approximate surface area is 97.3 Å². The largest absolute Gasteiger partial charge is 0.309 e. The van der Waals surface area contributed by atoms with Crippen molar-refractivity contribution in [3.63, 3.8) is 0 Å². The molecule has 1 unspecified atom stereocenters. The van der Waals surface area contributed by atoms with Crippen molar-refractivity contribution in [2.75, 3.05) is 20.6 Å². The van der Waals surface area contributed by atoms with Gasteiger partial charge in [-0.3, -0.25) is 0 Å². The average molecular weight is 217 g/mol. The molecule has 3 nitrogen and oxygen atoms in total. The summed E-state index contributed by atoms with van der Waals surface area (Å²) in [4.78, 5) is 6.22. The Hall–Kier alpha value is -1.44. The number of nitrogens with one attached hydrogen (secondary N) is 1. The van der Waals surface area contributed by atoms with Gasteiger partial charge in [0.2, 0.25) is 0 Å². The molecule has 16 heavy (non-hydrogen) atoms. The number of benzene rings is 1. The molecule has 0 spiro atoms. The molecule has 0 aliphatic carbocycles. The fourth-order valence-corrected chi connectivity index (χ4v) is 1.60. The Bertz CT molecular complexity index is 339. The second kappa shape index (κ2) is 6.94. The van der Waals surface area contributed by atoms with E-state index in [1.165, 1.54) is 5.56 Å². The van der Waals surface area contributed by atoms with E-state index < -0.39 is 0 Å². The van der Waals surface area contributed by atoms with Gasteiger partial charge in [-0.1, -0.05) is 30.3 Å². The first kappa shape index (κ1) is 12.6. The predicted molar refractivity (Wildman–Crippen MR) is 67.3 cm³/mol. The van der Waals surface area contributed by atoms with Crippen molar-refractivity contribution in [3.05, 3.63) is 35.9 Å². The molecule has 1 rings (SSSR count). The van der Waals surface area contributed by atoms with Gasteiger partial charge in [0, 0.05) is 0 Å². The number of aliphatic imine (C=N–C) groups is 1. The van der Waals surface area contributed by atoms with Gasteiger partial charge in [0.05, 0.1) is 12.1 Å². The number of hydrogen-bond acceptors (Lipinski definition) is 3. The summed E-state index contributed by atoms with van der Waals surface area (Å²) in [6.45, 7) is 0.989. The summed E-state index contributed by atoms with van der Waals surface area (Å²) in [5.74, 6) is 0. The highest BCUT2D eigenvalue weighted by molar-refractivity contribution is 5.36. The molecular formula is C13H19N3. The molecule has 0 saturated heterocycles. The van der Waals surface area contributed by atoms with Crippen LogP contribution >= 0.6 is 0 Å². The molecule has 0 aromatic heterocycles. The van der Waals surface area contributed by atoms with E-state index in [4.69, 9.17) is 5.41 Å². The normalized spacial score (nSPS) is 12.2. The maximum Gasteiger partial charge on any atom is 0.0864 e. The first-order valence-corrected chi connectivity index (χ1v) is 5.52. The fraction of sp³-hybridized carbons (Fsp3) is 0.462. The first-order chi connectivity index (χ1) is 7.72. The lowest BCUT2D eigenvalue weighted by molar-refractivity contribution is 0.380. The quantitative estimate of drug-likeness (QED) is 0.730. The molecule has 86 valence electrons. The highest BCUT2D eigenvalue weighted by atomic mass is 15.1. The van der Waals surface area contributed by atoms with E-state index >= 15 is 0 Å². The van der Waals surface area contributed by atoms with Crippen LogP contribution in [-0.4, -0.2) is 37.6 Å². The van der Waals surface area contributed by atoms with Crippen molar-refractivity contribution in [1.82, 2.24) is 4.90 Å². The lowest BCUT2D eigenvalue weighted by Gasteiger charge is -2.14. The molecule has 3 heteroatoms. The number of hydrogen-bond donors (Lipinski definition) is 1. The predicted octanol–water partition coefficient (Wildman–Crippen LogP) is 2.30. The average Bonchev–Trinajstić information content (AvgIpc) is 2.27. The van der Waals surface area contributed by atoms with Crippen LogP contribution in [0.3, 0.4) is 0 Å². The van der Waals surface area contributed by atoms with Gasteiger partial charge in [-0.15, -0.1) is 0 Å². The van der Waals surface area contributed by atoms with E-state index in [1.54, 1.807) is 0 Å². The molecule has 1 aromatic carbocycles. The summed E-state index contributed by atoms with van der Waals surface area (Å²) in [7, 11) is 4.10. The lowest BCUT2D eigenvalue weighted by Crippen LogP contribution is -2.19. The lowest BCUT2D eigenvalue weighted by atomic mass is 10.0. The molecule has 0 aliphatic heterocycles. The van der Waals surface area contributed by atoms with Crippen LogP contribution in [-0.2, 0) is 6.42 Å². The van der Waals surface area contributed by atoms with Crippen molar-refractivity contribution in [3.8, 4) is 0 Å². The van der Waals surface area contributed by atoms with Gasteiger partial charge in [0.1, 0.15) is 0 Å². The van der Waals surface area contributed by atoms with Crippen LogP contribution in [0.25, 0.3) is 0 Å². The van der Waals surface area contributed by atoms with Gasteiger partial charge in [0.25, 0.3) is 0 Å². The minimum Gasteiger partial charge on any atom is -0.309 e. The van der Waals surface area contributed by atoms with Gasteiger partial charge in [-0.2, -0.15) is 0 Å². The van der Waals surface area contributed by atoms with Crippen molar-refractivity contribution < 1.29 is 0 Å². The van der Waals surface area contributed by atoms with Crippen LogP contribution in [0.2, 0.25) is 0 Å². The Morgan fingerprint density at radius 1 is 1.31 bits per heavy atom.